The van der Waals surface area contributed by atoms with Crippen molar-refractivity contribution in [2.75, 3.05) is 0 Å². The Balaban J connectivity index is 2.57. The molecule has 0 saturated heterocycles. The molecule has 6 nitrogen and oxygen atoms in total. The van der Waals surface area contributed by atoms with E-state index >= 15 is 0 Å². The normalized spacial score (nSPS) is 13.1. The van der Waals surface area contributed by atoms with Gasteiger partial charge in [-0.15, -0.1) is 0 Å². The van der Waals surface area contributed by atoms with Crippen LogP contribution in [0.3, 0.4) is 0 Å². The van der Waals surface area contributed by atoms with Gasteiger partial charge in [0.05, 0.1) is 17.9 Å². The van der Waals surface area contributed by atoms with Gasteiger partial charge in [-0.05, 0) is 13.8 Å². The monoisotopic (exact) mass is 252 g/mol. The lowest BCUT2D eigenvalue weighted by Crippen LogP contribution is -2.55. The summed E-state index contributed by atoms with van der Waals surface area (Å²) in [5, 5.41) is 2.67. The topological polar surface area (TPSA) is 101 Å². The van der Waals surface area contributed by atoms with E-state index in [4.69, 9.17) is 5.73 Å². The Kier molecular flexibility index (Phi) is 4.61. The van der Waals surface area contributed by atoms with Crippen LogP contribution in [0.2, 0.25) is 0 Å². The lowest BCUT2D eigenvalue weighted by atomic mass is 9.96. The van der Waals surface area contributed by atoms with Crippen molar-refractivity contribution in [3.05, 3.63) is 18.2 Å². The van der Waals surface area contributed by atoms with Crippen LogP contribution in [0.1, 0.15) is 32.9 Å². The molecule has 0 fully saturated rings. The number of hydrogen-bond acceptors (Lipinski definition) is 4. The third-order valence-electron chi connectivity index (χ3n) is 2.79. The van der Waals surface area contributed by atoms with Gasteiger partial charge in [-0.25, -0.2) is 4.98 Å². The number of H-pyrrole nitrogens is 1. The van der Waals surface area contributed by atoms with Gasteiger partial charge in [-0.2, -0.15) is 0 Å². The number of aromatic nitrogens is 2. The maximum Gasteiger partial charge on any atom is 0.238 e. The molecule has 1 heterocycles. The SMILES string of the molecule is CCC(=O)C(C)(C)NC(=O)C(N)Cc1cnc[nH]1. The van der Waals surface area contributed by atoms with Crippen molar-refractivity contribution in [3.8, 4) is 0 Å². The summed E-state index contributed by atoms with van der Waals surface area (Å²) in [6.45, 7) is 5.13. The van der Waals surface area contributed by atoms with E-state index < -0.39 is 11.6 Å². The second kappa shape index (κ2) is 5.77. The number of Topliss-reactive ketones (excluding diaryl/α,β-unsaturated/α-hetero) is 1. The summed E-state index contributed by atoms with van der Waals surface area (Å²) in [6, 6.07) is -0.700. The molecule has 0 aliphatic carbocycles. The maximum atomic E-state index is 11.9. The highest BCUT2D eigenvalue weighted by Crippen LogP contribution is 2.07. The summed E-state index contributed by atoms with van der Waals surface area (Å²) in [6.07, 6.45) is 3.89. The quantitative estimate of drug-likeness (QED) is 0.671. The molecule has 1 atom stereocenters. The number of carbonyl (C=O) groups is 2. The van der Waals surface area contributed by atoms with E-state index in [2.05, 4.69) is 15.3 Å². The molecule has 6 heteroatoms. The number of nitrogens with one attached hydrogen (secondary N) is 2. The molecular formula is C12H20N4O2. The van der Waals surface area contributed by atoms with Crippen molar-refractivity contribution in [2.24, 2.45) is 5.73 Å². The van der Waals surface area contributed by atoms with Crippen LogP contribution in [0.5, 0.6) is 0 Å². The van der Waals surface area contributed by atoms with Crippen molar-refractivity contribution in [3.63, 3.8) is 0 Å². The fourth-order valence-electron chi connectivity index (χ4n) is 1.64. The first-order chi connectivity index (χ1) is 8.36. The highest BCUT2D eigenvalue weighted by Gasteiger charge is 2.29. The summed E-state index contributed by atoms with van der Waals surface area (Å²) in [5.41, 5.74) is 5.70. The molecule has 0 radical (unpaired) electrons. The molecular weight excluding hydrogens is 232 g/mol. The number of aromatic amines is 1. The van der Waals surface area contributed by atoms with E-state index in [1.165, 1.54) is 6.33 Å². The van der Waals surface area contributed by atoms with Crippen LogP contribution in [0.4, 0.5) is 0 Å². The molecule has 1 unspecified atom stereocenters. The third-order valence-corrected chi connectivity index (χ3v) is 2.79. The van der Waals surface area contributed by atoms with Gasteiger partial charge < -0.3 is 16.0 Å². The van der Waals surface area contributed by atoms with Gasteiger partial charge >= 0.3 is 0 Å². The van der Waals surface area contributed by atoms with E-state index in [1.54, 1.807) is 27.0 Å². The zero-order valence-electron chi connectivity index (χ0n) is 11.0. The number of nitrogens with zero attached hydrogens (tertiary/aromatic N) is 1. The van der Waals surface area contributed by atoms with Crippen molar-refractivity contribution < 1.29 is 9.59 Å². The molecule has 1 rings (SSSR count). The van der Waals surface area contributed by atoms with E-state index in [1.807, 2.05) is 0 Å². The number of rotatable bonds is 6. The molecule has 0 spiro atoms. The van der Waals surface area contributed by atoms with Crippen LogP contribution in [0.15, 0.2) is 12.5 Å². The van der Waals surface area contributed by atoms with E-state index in [0.29, 0.717) is 12.8 Å². The Labute approximate surface area is 106 Å². The van der Waals surface area contributed by atoms with E-state index in [9.17, 15) is 9.59 Å². The summed E-state index contributed by atoms with van der Waals surface area (Å²) in [7, 11) is 0. The number of ketones is 1. The largest absolute Gasteiger partial charge is 0.348 e. The first-order valence-corrected chi connectivity index (χ1v) is 5.95. The van der Waals surface area contributed by atoms with E-state index in [-0.39, 0.29) is 11.7 Å². The molecule has 1 amide bonds. The molecule has 1 aromatic rings. The Morgan fingerprint density at radius 2 is 2.22 bits per heavy atom. The second-order valence-electron chi connectivity index (χ2n) is 4.78. The Bertz CT molecular complexity index is 412. The molecule has 0 aliphatic heterocycles. The minimum absolute atomic E-state index is 0.0235. The molecule has 4 N–H and O–H groups in total. The number of hydrogen-bond donors (Lipinski definition) is 3. The van der Waals surface area contributed by atoms with Crippen molar-refractivity contribution in [1.82, 2.24) is 15.3 Å². The highest BCUT2D eigenvalue weighted by atomic mass is 16.2. The molecule has 0 aliphatic rings. The van der Waals surface area contributed by atoms with Crippen LogP contribution in [-0.4, -0.2) is 33.2 Å². The fraction of sp³-hybridized carbons (Fsp3) is 0.583. The van der Waals surface area contributed by atoms with Gasteiger partial charge in [-0.1, -0.05) is 6.92 Å². The van der Waals surface area contributed by atoms with Crippen LogP contribution in [0, 0.1) is 0 Å². The van der Waals surface area contributed by atoms with Crippen LogP contribution >= 0.6 is 0 Å². The van der Waals surface area contributed by atoms with Crippen molar-refractivity contribution in [2.45, 2.75) is 45.2 Å². The average Bonchev–Trinajstić information content (AvgIpc) is 2.79. The van der Waals surface area contributed by atoms with Gasteiger partial charge in [0.25, 0.3) is 0 Å². The second-order valence-corrected chi connectivity index (χ2v) is 4.78. The minimum Gasteiger partial charge on any atom is -0.348 e. The van der Waals surface area contributed by atoms with Gasteiger partial charge in [0, 0.05) is 24.7 Å². The molecule has 0 saturated carbocycles. The standard InChI is InChI=1S/C12H20N4O2/c1-4-10(17)12(2,3)16-11(18)9(13)5-8-6-14-7-15-8/h6-7,9H,4-5,13H2,1-3H3,(H,14,15)(H,16,18). The zero-order chi connectivity index (χ0) is 13.8. The smallest absolute Gasteiger partial charge is 0.238 e. The fourth-order valence-corrected chi connectivity index (χ4v) is 1.64. The number of carbonyl (C=O) groups excluding carboxylic acids is 2. The van der Waals surface area contributed by atoms with Crippen molar-refractivity contribution in [1.29, 1.82) is 0 Å². The summed E-state index contributed by atoms with van der Waals surface area (Å²) in [5.74, 6) is -0.360. The molecule has 18 heavy (non-hydrogen) atoms. The van der Waals surface area contributed by atoms with Gasteiger partial charge in [0.1, 0.15) is 0 Å². The van der Waals surface area contributed by atoms with Crippen LogP contribution in [-0.2, 0) is 16.0 Å². The molecule has 1 aromatic heterocycles. The Morgan fingerprint density at radius 1 is 1.56 bits per heavy atom. The van der Waals surface area contributed by atoms with E-state index in [0.717, 1.165) is 5.69 Å². The lowest BCUT2D eigenvalue weighted by molar-refractivity contribution is -0.131. The summed E-state index contributed by atoms with van der Waals surface area (Å²) >= 11 is 0. The maximum absolute atomic E-state index is 11.9. The number of imidazole rings is 1. The van der Waals surface area contributed by atoms with Crippen molar-refractivity contribution >= 4 is 11.7 Å². The van der Waals surface area contributed by atoms with Gasteiger partial charge in [-0.3, -0.25) is 9.59 Å². The zero-order valence-corrected chi connectivity index (χ0v) is 11.0. The molecule has 100 valence electrons. The third kappa shape index (κ3) is 3.66. The summed E-state index contributed by atoms with van der Waals surface area (Å²) in [4.78, 5) is 30.3. The van der Waals surface area contributed by atoms with Gasteiger partial charge in [0.15, 0.2) is 5.78 Å². The number of nitrogens with two attached hydrogens (primary N) is 1. The first-order valence-electron chi connectivity index (χ1n) is 5.95. The molecule has 0 aromatic carbocycles. The Hall–Kier alpha value is -1.69. The minimum atomic E-state index is -0.878. The highest BCUT2D eigenvalue weighted by molar-refractivity contribution is 5.93. The van der Waals surface area contributed by atoms with Crippen LogP contribution < -0.4 is 11.1 Å². The predicted octanol–water partition coefficient (Wildman–Crippen LogP) is 0.153. The lowest BCUT2D eigenvalue weighted by Gasteiger charge is -2.26. The average molecular weight is 252 g/mol. The summed E-state index contributed by atoms with van der Waals surface area (Å²) < 4.78 is 0. The number of amides is 1. The molecule has 0 bridgehead atoms. The Morgan fingerprint density at radius 3 is 2.72 bits per heavy atom. The van der Waals surface area contributed by atoms with Crippen LogP contribution in [0.25, 0.3) is 0 Å². The van der Waals surface area contributed by atoms with Gasteiger partial charge in [0.2, 0.25) is 5.91 Å². The predicted molar refractivity (Wildman–Crippen MR) is 67.8 cm³/mol. The first kappa shape index (κ1) is 14.4.